The van der Waals surface area contributed by atoms with Gasteiger partial charge in [0.15, 0.2) is 23.0 Å². The van der Waals surface area contributed by atoms with Crippen molar-refractivity contribution < 1.29 is 24.1 Å². The zero-order chi connectivity index (χ0) is 23.1. The number of carbonyl (C=O) groups is 1. The van der Waals surface area contributed by atoms with Crippen LogP contribution in [0.5, 0.6) is 23.0 Å². The van der Waals surface area contributed by atoms with Crippen LogP contribution in [0.4, 0.5) is 0 Å². The summed E-state index contributed by atoms with van der Waals surface area (Å²) >= 11 is 9.67. The molecule has 0 aliphatic carbocycles. The first-order chi connectivity index (χ1) is 15.4. The van der Waals surface area contributed by atoms with Gasteiger partial charge in [-0.25, -0.2) is 5.43 Å². The van der Waals surface area contributed by atoms with E-state index < -0.39 is 5.91 Å². The molecule has 0 saturated heterocycles. The molecule has 9 heteroatoms. The van der Waals surface area contributed by atoms with Gasteiger partial charge in [-0.1, -0.05) is 29.8 Å². The van der Waals surface area contributed by atoms with Gasteiger partial charge in [0, 0.05) is 16.1 Å². The number of halogens is 2. The number of hydrazone groups is 1. The van der Waals surface area contributed by atoms with Crippen molar-refractivity contribution in [3.63, 3.8) is 0 Å². The molecule has 3 rings (SSSR count). The Morgan fingerprint density at radius 1 is 1.12 bits per heavy atom. The third-order valence-electron chi connectivity index (χ3n) is 4.40. The number of rotatable bonds is 8. The van der Waals surface area contributed by atoms with E-state index in [4.69, 9.17) is 25.8 Å². The number of aromatic hydroxyl groups is 1. The third-order valence-corrected chi connectivity index (χ3v) is 5.36. The summed E-state index contributed by atoms with van der Waals surface area (Å²) in [5.74, 6) is 0.696. The van der Waals surface area contributed by atoms with Crippen LogP contribution in [0.3, 0.4) is 0 Å². The van der Waals surface area contributed by atoms with E-state index in [1.54, 1.807) is 18.2 Å². The topological polar surface area (TPSA) is 89.4 Å². The Bertz CT molecular complexity index is 1150. The highest BCUT2D eigenvalue weighted by Crippen LogP contribution is 2.37. The Morgan fingerprint density at radius 2 is 1.88 bits per heavy atom. The quantitative estimate of drug-likeness (QED) is 0.317. The Balaban J connectivity index is 1.70. The van der Waals surface area contributed by atoms with Crippen LogP contribution < -0.4 is 19.6 Å². The Morgan fingerprint density at radius 3 is 2.59 bits per heavy atom. The Kier molecular flexibility index (Phi) is 7.97. The molecule has 166 valence electrons. The average molecular weight is 520 g/mol. The summed E-state index contributed by atoms with van der Waals surface area (Å²) in [5.41, 5.74) is 4.24. The standard InChI is InChI=1S/C23H20BrClN2O5/c1-30-20-11-15(7-8-19(20)28)23(29)27-26-12-14-9-17(24)22(21(10-14)31-2)32-13-16-5-3-4-6-18(16)25/h3-12,28H,13H2,1-2H3,(H,27,29). The summed E-state index contributed by atoms with van der Waals surface area (Å²) in [6.45, 7) is 0.272. The van der Waals surface area contributed by atoms with E-state index in [0.717, 1.165) is 5.56 Å². The maximum atomic E-state index is 12.3. The molecule has 0 saturated carbocycles. The van der Waals surface area contributed by atoms with Crippen molar-refractivity contribution in [2.75, 3.05) is 14.2 Å². The van der Waals surface area contributed by atoms with E-state index in [1.807, 2.05) is 18.2 Å². The fraction of sp³-hybridized carbons (Fsp3) is 0.130. The molecule has 3 aromatic rings. The summed E-state index contributed by atoms with van der Waals surface area (Å²) in [6, 6.07) is 15.2. The monoisotopic (exact) mass is 518 g/mol. The Labute approximate surface area is 198 Å². The predicted molar refractivity (Wildman–Crippen MR) is 126 cm³/mol. The second-order valence-corrected chi connectivity index (χ2v) is 7.76. The van der Waals surface area contributed by atoms with E-state index in [1.165, 1.54) is 38.6 Å². The van der Waals surface area contributed by atoms with Crippen molar-refractivity contribution >= 4 is 39.7 Å². The van der Waals surface area contributed by atoms with Crippen molar-refractivity contribution in [2.45, 2.75) is 6.61 Å². The van der Waals surface area contributed by atoms with Crippen LogP contribution in [-0.2, 0) is 6.61 Å². The number of hydrogen-bond donors (Lipinski definition) is 2. The minimum Gasteiger partial charge on any atom is -0.504 e. The second-order valence-electron chi connectivity index (χ2n) is 6.50. The van der Waals surface area contributed by atoms with Crippen molar-refractivity contribution in [2.24, 2.45) is 5.10 Å². The summed E-state index contributed by atoms with van der Waals surface area (Å²) in [4.78, 5) is 12.3. The van der Waals surface area contributed by atoms with Crippen LogP contribution in [-0.4, -0.2) is 31.4 Å². The van der Waals surface area contributed by atoms with Crippen LogP contribution in [0.1, 0.15) is 21.5 Å². The van der Waals surface area contributed by atoms with Crippen LogP contribution in [0.2, 0.25) is 5.02 Å². The molecule has 32 heavy (non-hydrogen) atoms. The van der Waals surface area contributed by atoms with Crippen molar-refractivity contribution in [3.8, 4) is 23.0 Å². The van der Waals surface area contributed by atoms with Gasteiger partial charge >= 0.3 is 0 Å². The molecular formula is C23H20BrClN2O5. The number of nitrogens with zero attached hydrogens (tertiary/aromatic N) is 1. The maximum absolute atomic E-state index is 12.3. The molecule has 0 unspecified atom stereocenters. The molecule has 0 aromatic heterocycles. The van der Waals surface area contributed by atoms with Gasteiger partial charge in [-0.15, -0.1) is 0 Å². The first-order valence-electron chi connectivity index (χ1n) is 9.37. The lowest BCUT2D eigenvalue weighted by Crippen LogP contribution is -2.17. The minimum atomic E-state index is -0.453. The van der Waals surface area contributed by atoms with E-state index >= 15 is 0 Å². The minimum absolute atomic E-state index is 0.0543. The normalized spacial score (nSPS) is 10.8. The van der Waals surface area contributed by atoms with Crippen molar-refractivity contribution in [1.29, 1.82) is 0 Å². The first-order valence-corrected chi connectivity index (χ1v) is 10.5. The number of ether oxygens (including phenoxy) is 3. The highest BCUT2D eigenvalue weighted by atomic mass is 79.9. The lowest BCUT2D eigenvalue weighted by Gasteiger charge is -2.14. The molecule has 1 amide bonds. The summed E-state index contributed by atoms with van der Waals surface area (Å²) in [5, 5.41) is 14.2. The number of amides is 1. The number of methoxy groups -OCH3 is 2. The number of phenols is 1. The number of nitrogens with one attached hydrogen (secondary N) is 1. The molecule has 0 radical (unpaired) electrons. The summed E-state index contributed by atoms with van der Waals surface area (Å²) < 4.78 is 17.0. The Hall–Kier alpha value is -3.23. The fourth-order valence-electron chi connectivity index (χ4n) is 2.77. The van der Waals surface area contributed by atoms with Crippen molar-refractivity contribution in [1.82, 2.24) is 5.43 Å². The summed E-state index contributed by atoms with van der Waals surface area (Å²) in [6.07, 6.45) is 1.47. The summed E-state index contributed by atoms with van der Waals surface area (Å²) in [7, 11) is 2.94. The predicted octanol–water partition coefficient (Wildman–Crippen LogP) is 5.17. The molecule has 0 heterocycles. The third kappa shape index (κ3) is 5.72. The number of phenolic OH excluding ortho intramolecular Hbond substituents is 1. The van der Waals surface area contributed by atoms with Gasteiger partial charge in [-0.05, 0) is 57.9 Å². The SMILES string of the molecule is COc1cc(C(=O)NN=Cc2cc(Br)c(OCc3ccccc3Cl)c(OC)c2)ccc1O. The molecule has 2 N–H and O–H groups in total. The number of carbonyl (C=O) groups excluding carboxylic acids is 1. The van der Waals surface area contributed by atoms with E-state index in [-0.39, 0.29) is 18.1 Å². The van der Waals surface area contributed by atoms with E-state index in [9.17, 15) is 9.90 Å². The largest absolute Gasteiger partial charge is 0.504 e. The van der Waals surface area contributed by atoms with Gasteiger partial charge in [-0.2, -0.15) is 5.10 Å². The van der Waals surface area contributed by atoms with E-state index in [2.05, 4.69) is 26.5 Å². The fourth-order valence-corrected chi connectivity index (χ4v) is 3.53. The lowest BCUT2D eigenvalue weighted by molar-refractivity contribution is 0.0954. The second kappa shape index (κ2) is 10.9. The van der Waals surface area contributed by atoms with Crippen LogP contribution in [0.15, 0.2) is 64.2 Å². The number of hydrogen-bond acceptors (Lipinski definition) is 6. The molecule has 7 nitrogen and oxygen atoms in total. The molecule has 0 bridgehead atoms. The highest BCUT2D eigenvalue weighted by Gasteiger charge is 2.13. The van der Waals surface area contributed by atoms with Gasteiger partial charge in [-0.3, -0.25) is 4.79 Å². The molecule has 0 aliphatic rings. The van der Waals surface area contributed by atoms with Gasteiger partial charge in [0.25, 0.3) is 5.91 Å². The average Bonchev–Trinajstić information content (AvgIpc) is 2.79. The van der Waals surface area contributed by atoms with Gasteiger partial charge in [0.2, 0.25) is 0 Å². The van der Waals surface area contributed by atoms with Crippen LogP contribution in [0, 0.1) is 0 Å². The first kappa shape index (κ1) is 23.4. The molecule has 0 spiro atoms. The highest BCUT2D eigenvalue weighted by molar-refractivity contribution is 9.10. The van der Waals surface area contributed by atoms with Crippen LogP contribution >= 0.6 is 27.5 Å². The molecule has 3 aromatic carbocycles. The molecule has 0 atom stereocenters. The molecular weight excluding hydrogens is 500 g/mol. The zero-order valence-electron chi connectivity index (χ0n) is 17.3. The van der Waals surface area contributed by atoms with Gasteiger partial charge in [0.1, 0.15) is 6.61 Å². The maximum Gasteiger partial charge on any atom is 0.271 e. The van der Waals surface area contributed by atoms with Gasteiger partial charge in [0.05, 0.1) is 24.9 Å². The zero-order valence-corrected chi connectivity index (χ0v) is 19.6. The number of benzene rings is 3. The molecule has 0 aliphatic heterocycles. The smallest absolute Gasteiger partial charge is 0.271 e. The van der Waals surface area contributed by atoms with Crippen molar-refractivity contribution in [3.05, 3.63) is 80.8 Å². The lowest BCUT2D eigenvalue weighted by atomic mass is 10.2. The van der Waals surface area contributed by atoms with E-state index in [0.29, 0.717) is 32.1 Å². The molecule has 0 fully saturated rings. The van der Waals surface area contributed by atoms with Crippen LogP contribution in [0.25, 0.3) is 0 Å². The van der Waals surface area contributed by atoms with Gasteiger partial charge < -0.3 is 19.3 Å².